The Hall–Kier alpha value is -1.59. The zero-order valence-corrected chi connectivity index (χ0v) is 8.66. The lowest BCUT2D eigenvalue weighted by Gasteiger charge is -2.28. The SMILES string of the molecule is CNC(C)(C)C(=O)N(CC#N)CC#N. The van der Waals surface area contributed by atoms with E-state index in [0.717, 1.165) is 0 Å². The van der Waals surface area contributed by atoms with Crippen LogP contribution in [0.25, 0.3) is 0 Å². The molecule has 5 nitrogen and oxygen atoms in total. The molecular weight excluding hydrogens is 180 g/mol. The highest BCUT2D eigenvalue weighted by molar-refractivity contribution is 5.85. The van der Waals surface area contributed by atoms with Gasteiger partial charge >= 0.3 is 0 Å². The van der Waals surface area contributed by atoms with Gasteiger partial charge in [0.15, 0.2) is 0 Å². The van der Waals surface area contributed by atoms with E-state index in [1.807, 2.05) is 12.1 Å². The van der Waals surface area contributed by atoms with Gasteiger partial charge < -0.3 is 10.2 Å². The van der Waals surface area contributed by atoms with Crippen molar-refractivity contribution in [3.8, 4) is 12.1 Å². The van der Waals surface area contributed by atoms with Crippen LogP contribution in [0.3, 0.4) is 0 Å². The fraction of sp³-hybridized carbons (Fsp3) is 0.667. The van der Waals surface area contributed by atoms with Gasteiger partial charge in [0.2, 0.25) is 5.91 Å². The summed E-state index contributed by atoms with van der Waals surface area (Å²) in [7, 11) is 1.66. The van der Waals surface area contributed by atoms with Gasteiger partial charge in [0, 0.05) is 0 Å². The normalized spacial score (nSPS) is 10.1. The van der Waals surface area contributed by atoms with Gasteiger partial charge in [-0.3, -0.25) is 4.79 Å². The minimum absolute atomic E-state index is 0.0580. The van der Waals surface area contributed by atoms with E-state index in [-0.39, 0.29) is 19.0 Å². The molecular formula is C9H14N4O. The monoisotopic (exact) mass is 194 g/mol. The maximum absolute atomic E-state index is 11.7. The Labute approximate surface area is 83.9 Å². The minimum atomic E-state index is -0.742. The number of amides is 1. The highest BCUT2D eigenvalue weighted by Crippen LogP contribution is 2.06. The molecule has 0 unspecified atom stereocenters. The first kappa shape index (κ1) is 12.4. The van der Waals surface area contributed by atoms with Crippen molar-refractivity contribution in [3.63, 3.8) is 0 Å². The van der Waals surface area contributed by atoms with E-state index in [1.54, 1.807) is 20.9 Å². The second-order valence-electron chi connectivity index (χ2n) is 3.35. The molecule has 5 heteroatoms. The van der Waals surface area contributed by atoms with Crippen molar-refractivity contribution in [2.24, 2.45) is 0 Å². The van der Waals surface area contributed by atoms with Crippen LogP contribution in [0.2, 0.25) is 0 Å². The summed E-state index contributed by atoms with van der Waals surface area (Å²) in [6, 6.07) is 3.71. The van der Waals surface area contributed by atoms with Crippen molar-refractivity contribution >= 4 is 5.91 Å². The second kappa shape index (κ2) is 5.21. The maximum atomic E-state index is 11.7. The molecule has 0 saturated carbocycles. The Kier molecular flexibility index (Phi) is 4.62. The predicted molar refractivity (Wildman–Crippen MR) is 50.9 cm³/mol. The molecule has 1 N–H and O–H groups in total. The molecule has 0 radical (unpaired) electrons. The maximum Gasteiger partial charge on any atom is 0.244 e. The number of carbonyl (C=O) groups excluding carboxylic acids is 1. The van der Waals surface area contributed by atoms with Crippen LogP contribution in [0.1, 0.15) is 13.8 Å². The molecule has 0 heterocycles. The smallest absolute Gasteiger partial charge is 0.244 e. The van der Waals surface area contributed by atoms with Gasteiger partial charge in [-0.05, 0) is 20.9 Å². The molecule has 0 rings (SSSR count). The molecule has 0 aliphatic heterocycles. The standard InChI is InChI=1S/C9H14N4O/c1-9(2,12-3)8(14)13(6-4-10)7-5-11/h12H,6-7H2,1-3H3. The third kappa shape index (κ3) is 3.04. The average molecular weight is 194 g/mol. The summed E-state index contributed by atoms with van der Waals surface area (Å²) in [5.41, 5.74) is -0.742. The summed E-state index contributed by atoms with van der Waals surface area (Å²) >= 11 is 0. The van der Waals surface area contributed by atoms with E-state index in [0.29, 0.717) is 0 Å². The molecule has 14 heavy (non-hydrogen) atoms. The Morgan fingerprint density at radius 2 is 1.79 bits per heavy atom. The highest BCUT2D eigenvalue weighted by Gasteiger charge is 2.29. The van der Waals surface area contributed by atoms with Crippen molar-refractivity contribution in [1.82, 2.24) is 10.2 Å². The third-order valence-electron chi connectivity index (χ3n) is 1.97. The van der Waals surface area contributed by atoms with Crippen LogP contribution in [0.5, 0.6) is 0 Å². The lowest BCUT2D eigenvalue weighted by atomic mass is 10.0. The van der Waals surface area contributed by atoms with E-state index in [9.17, 15) is 4.79 Å². The van der Waals surface area contributed by atoms with Crippen LogP contribution in [0, 0.1) is 22.7 Å². The van der Waals surface area contributed by atoms with Gasteiger partial charge in [0.25, 0.3) is 0 Å². The first-order chi connectivity index (χ1) is 6.49. The number of nitriles is 2. The fourth-order valence-electron chi connectivity index (χ4n) is 0.872. The molecule has 0 aliphatic carbocycles. The number of hydrogen-bond acceptors (Lipinski definition) is 4. The van der Waals surface area contributed by atoms with E-state index in [2.05, 4.69) is 5.32 Å². The van der Waals surface area contributed by atoms with Crippen molar-refractivity contribution in [3.05, 3.63) is 0 Å². The zero-order valence-electron chi connectivity index (χ0n) is 8.66. The summed E-state index contributed by atoms with van der Waals surface area (Å²) in [5, 5.41) is 19.8. The molecule has 0 spiro atoms. The first-order valence-corrected chi connectivity index (χ1v) is 4.21. The lowest BCUT2D eigenvalue weighted by Crippen LogP contribution is -2.53. The number of carbonyl (C=O) groups is 1. The largest absolute Gasteiger partial charge is 0.314 e. The Bertz CT molecular complexity index is 268. The van der Waals surface area contributed by atoms with Crippen LogP contribution in [-0.4, -0.2) is 36.5 Å². The van der Waals surface area contributed by atoms with Crippen LogP contribution in [0.15, 0.2) is 0 Å². The molecule has 76 valence electrons. The van der Waals surface area contributed by atoms with Gasteiger partial charge in [0.05, 0.1) is 17.7 Å². The lowest BCUT2D eigenvalue weighted by molar-refractivity contribution is -0.135. The first-order valence-electron chi connectivity index (χ1n) is 4.21. The quantitative estimate of drug-likeness (QED) is 0.632. The van der Waals surface area contributed by atoms with Gasteiger partial charge in [-0.15, -0.1) is 0 Å². The second-order valence-corrected chi connectivity index (χ2v) is 3.35. The summed E-state index contributed by atoms with van der Waals surface area (Å²) in [6.45, 7) is 3.29. The molecule has 0 fully saturated rings. The topological polar surface area (TPSA) is 79.9 Å². The van der Waals surface area contributed by atoms with E-state index in [1.165, 1.54) is 4.90 Å². The highest BCUT2D eigenvalue weighted by atomic mass is 16.2. The number of rotatable bonds is 4. The van der Waals surface area contributed by atoms with Gasteiger partial charge in [-0.25, -0.2) is 0 Å². The number of nitrogens with one attached hydrogen (secondary N) is 1. The van der Waals surface area contributed by atoms with Crippen molar-refractivity contribution in [1.29, 1.82) is 10.5 Å². The molecule has 0 aromatic carbocycles. The summed E-state index contributed by atoms with van der Waals surface area (Å²) in [6.07, 6.45) is 0. The number of nitrogens with zero attached hydrogens (tertiary/aromatic N) is 3. The van der Waals surface area contributed by atoms with Gasteiger partial charge in [-0.1, -0.05) is 0 Å². The fourth-order valence-corrected chi connectivity index (χ4v) is 0.872. The minimum Gasteiger partial charge on any atom is -0.314 e. The zero-order chi connectivity index (χ0) is 11.2. The van der Waals surface area contributed by atoms with Crippen molar-refractivity contribution in [2.75, 3.05) is 20.1 Å². The van der Waals surface area contributed by atoms with Crippen LogP contribution >= 0.6 is 0 Å². The molecule has 0 bridgehead atoms. The summed E-state index contributed by atoms with van der Waals surface area (Å²) in [4.78, 5) is 13.0. The molecule has 1 amide bonds. The van der Waals surface area contributed by atoms with Crippen molar-refractivity contribution in [2.45, 2.75) is 19.4 Å². The van der Waals surface area contributed by atoms with Crippen LogP contribution in [-0.2, 0) is 4.79 Å². The Morgan fingerprint density at radius 1 is 1.36 bits per heavy atom. The number of likely N-dealkylation sites (N-methyl/N-ethyl adjacent to an activating group) is 1. The Morgan fingerprint density at radius 3 is 2.07 bits per heavy atom. The van der Waals surface area contributed by atoms with Crippen LogP contribution < -0.4 is 5.32 Å². The van der Waals surface area contributed by atoms with Crippen LogP contribution in [0.4, 0.5) is 0 Å². The predicted octanol–water partition coefficient (Wildman–Crippen LogP) is -0.140. The number of hydrogen-bond donors (Lipinski definition) is 1. The van der Waals surface area contributed by atoms with E-state index < -0.39 is 5.54 Å². The van der Waals surface area contributed by atoms with Gasteiger partial charge in [-0.2, -0.15) is 10.5 Å². The van der Waals surface area contributed by atoms with Gasteiger partial charge in [0.1, 0.15) is 13.1 Å². The molecule has 0 saturated heterocycles. The summed E-state index contributed by atoms with van der Waals surface area (Å²) in [5.74, 6) is -0.247. The Balaban J connectivity index is 4.62. The molecule has 0 aliphatic rings. The average Bonchev–Trinajstić information content (AvgIpc) is 2.16. The molecule has 0 atom stereocenters. The van der Waals surface area contributed by atoms with E-state index >= 15 is 0 Å². The van der Waals surface area contributed by atoms with E-state index in [4.69, 9.17) is 10.5 Å². The molecule has 0 aromatic rings. The third-order valence-corrected chi connectivity index (χ3v) is 1.97. The summed E-state index contributed by atoms with van der Waals surface area (Å²) < 4.78 is 0. The molecule has 0 aromatic heterocycles. The van der Waals surface area contributed by atoms with Crippen molar-refractivity contribution < 1.29 is 4.79 Å².